The molecular weight excluding hydrogens is 288 g/mol. The van der Waals surface area contributed by atoms with Gasteiger partial charge < -0.3 is 10.2 Å². The van der Waals surface area contributed by atoms with Crippen molar-refractivity contribution in [1.29, 1.82) is 0 Å². The van der Waals surface area contributed by atoms with E-state index in [2.05, 4.69) is 11.4 Å². The first-order valence-corrected chi connectivity index (χ1v) is 7.85. The third kappa shape index (κ3) is 3.11. The fourth-order valence-corrected chi connectivity index (χ4v) is 2.98. The molecule has 2 aromatic rings. The van der Waals surface area contributed by atoms with Gasteiger partial charge >= 0.3 is 0 Å². The van der Waals surface area contributed by atoms with E-state index < -0.39 is 0 Å². The zero-order valence-electron chi connectivity index (χ0n) is 13.4. The molecule has 2 amide bonds. The summed E-state index contributed by atoms with van der Waals surface area (Å²) >= 11 is 0. The Balaban J connectivity index is 1.72. The fourth-order valence-electron chi connectivity index (χ4n) is 2.98. The fraction of sp³-hybridized carbons (Fsp3) is 0.263. The Morgan fingerprint density at radius 1 is 1.22 bits per heavy atom. The van der Waals surface area contributed by atoms with Crippen LogP contribution < -0.4 is 10.2 Å². The molecular formula is C19H20N2O2. The summed E-state index contributed by atoms with van der Waals surface area (Å²) < 4.78 is 0. The summed E-state index contributed by atoms with van der Waals surface area (Å²) in [5.41, 5.74) is 4.70. The summed E-state index contributed by atoms with van der Waals surface area (Å²) in [5, 5.41) is 2.93. The third-order valence-electron chi connectivity index (χ3n) is 4.13. The molecule has 0 fully saturated rings. The van der Waals surface area contributed by atoms with E-state index in [0.29, 0.717) is 25.1 Å². The number of rotatable bonds is 4. The Bertz CT molecular complexity index is 768. The van der Waals surface area contributed by atoms with Crippen molar-refractivity contribution in [2.24, 2.45) is 0 Å². The maximum Gasteiger partial charge on any atom is 0.251 e. The molecule has 0 aliphatic carbocycles. The van der Waals surface area contributed by atoms with Crippen molar-refractivity contribution < 1.29 is 9.59 Å². The molecule has 0 saturated heterocycles. The number of carbonyl (C=O) groups is 2. The average Bonchev–Trinajstić information content (AvgIpc) is 2.86. The monoisotopic (exact) mass is 308 g/mol. The maximum absolute atomic E-state index is 12.3. The lowest BCUT2D eigenvalue weighted by atomic mass is 10.1. The van der Waals surface area contributed by atoms with Gasteiger partial charge in [0.15, 0.2) is 0 Å². The van der Waals surface area contributed by atoms with Gasteiger partial charge in [0.1, 0.15) is 0 Å². The Hall–Kier alpha value is -2.62. The van der Waals surface area contributed by atoms with Crippen LogP contribution in [0.3, 0.4) is 0 Å². The van der Waals surface area contributed by atoms with E-state index in [1.165, 1.54) is 5.56 Å². The number of likely N-dealkylation sites (N-methyl/N-ethyl adjacent to an activating group) is 1. The summed E-state index contributed by atoms with van der Waals surface area (Å²) in [4.78, 5) is 26.0. The van der Waals surface area contributed by atoms with Gasteiger partial charge in [0.25, 0.3) is 5.91 Å². The number of anilines is 1. The highest BCUT2D eigenvalue weighted by Gasteiger charge is 2.26. The van der Waals surface area contributed by atoms with Crippen LogP contribution in [0.25, 0.3) is 0 Å². The van der Waals surface area contributed by atoms with E-state index >= 15 is 0 Å². The van der Waals surface area contributed by atoms with Crippen molar-refractivity contribution in [2.75, 3.05) is 11.4 Å². The number of hydrogen-bond donors (Lipinski definition) is 1. The Labute approximate surface area is 136 Å². The molecule has 0 bridgehead atoms. The highest BCUT2D eigenvalue weighted by atomic mass is 16.2. The summed E-state index contributed by atoms with van der Waals surface area (Å²) in [6, 6.07) is 13.5. The van der Waals surface area contributed by atoms with Crippen LogP contribution in [0.4, 0.5) is 5.69 Å². The van der Waals surface area contributed by atoms with Gasteiger partial charge in [0.05, 0.1) is 6.42 Å². The van der Waals surface area contributed by atoms with Crippen molar-refractivity contribution in [3.8, 4) is 0 Å². The second-order valence-electron chi connectivity index (χ2n) is 5.83. The number of nitrogens with one attached hydrogen (secondary N) is 1. The summed E-state index contributed by atoms with van der Waals surface area (Å²) in [6.07, 6.45) is 0.377. The van der Waals surface area contributed by atoms with E-state index in [4.69, 9.17) is 0 Å². The second kappa shape index (κ2) is 6.24. The molecule has 4 heteroatoms. The number of amides is 2. The van der Waals surface area contributed by atoms with E-state index in [9.17, 15) is 9.59 Å². The molecule has 3 rings (SSSR count). The van der Waals surface area contributed by atoms with Crippen molar-refractivity contribution in [2.45, 2.75) is 26.8 Å². The Morgan fingerprint density at radius 3 is 2.78 bits per heavy atom. The lowest BCUT2D eigenvalue weighted by Crippen LogP contribution is -2.25. The molecule has 0 aromatic heterocycles. The first-order valence-electron chi connectivity index (χ1n) is 7.85. The van der Waals surface area contributed by atoms with Gasteiger partial charge in [-0.25, -0.2) is 0 Å². The van der Waals surface area contributed by atoms with Crippen LogP contribution in [0.2, 0.25) is 0 Å². The first kappa shape index (κ1) is 15.3. The smallest absolute Gasteiger partial charge is 0.251 e. The minimum atomic E-state index is -0.114. The first-order chi connectivity index (χ1) is 11.1. The van der Waals surface area contributed by atoms with Gasteiger partial charge in [0.2, 0.25) is 5.91 Å². The van der Waals surface area contributed by atoms with E-state index in [-0.39, 0.29) is 11.8 Å². The molecule has 23 heavy (non-hydrogen) atoms. The average molecular weight is 308 g/mol. The van der Waals surface area contributed by atoms with Crippen LogP contribution >= 0.6 is 0 Å². The predicted octanol–water partition coefficient (Wildman–Crippen LogP) is 2.83. The molecule has 0 atom stereocenters. The van der Waals surface area contributed by atoms with Gasteiger partial charge in [-0.1, -0.05) is 29.8 Å². The molecule has 0 saturated carbocycles. The zero-order valence-corrected chi connectivity index (χ0v) is 13.4. The van der Waals surface area contributed by atoms with Gasteiger partial charge in [-0.05, 0) is 43.2 Å². The number of fused-ring (bicyclic) bond motifs is 1. The van der Waals surface area contributed by atoms with Crippen LogP contribution in [0, 0.1) is 6.92 Å². The predicted molar refractivity (Wildman–Crippen MR) is 90.5 cm³/mol. The summed E-state index contributed by atoms with van der Waals surface area (Å²) in [7, 11) is 0. The van der Waals surface area contributed by atoms with E-state index in [1.54, 1.807) is 11.0 Å². The van der Waals surface area contributed by atoms with Gasteiger partial charge in [0, 0.05) is 24.3 Å². The molecule has 1 aliphatic rings. The summed E-state index contributed by atoms with van der Waals surface area (Å²) in [6.45, 7) is 5.14. The van der Waals surface area contributed by atoms with Crippen molar-refractivity contribution >= 4 is 17.5 Å². The molecule has 0 radical (unpaired) electrons. The van der Waals surface area contributed by atoms with E-state index in [1.807, 2.05) is 44.2 Å². The SMILES string of the molecule is CCN1C(=O)Cc2cc(C(=O)NCc3cccc(C)c3)ccc21. The topological polar surface area (TPSA) is 49.4 Å². The molecule has 1 aliphatic heterocycles. The largest absolute Gasteiger partial charge is 0.348 e. The number of aryl methyl sites for hydroxylation is 1. The van der Waals surface area contributed by atoms with E-state index in [0.717, 1.165) is 16.8 Å². The molecule has 0 spiro atoms. The van der Waals surface area contributed by atoms with Gasteiger partial charge in [-0.3, -0.25) is 9.59 Å². The lowest BCUT2D eigenvalue weighted by molar-refractivity contribution is -0.117. The van der Waals surface area contributed by atoms with Crippen LogP contribution in [0.15, 0.2) is 42.5 Å². The molecule has 1 heterocycles. The third-order valence-corrected chi connectivity index (χ3v) is 4.13. The highest BCUT2D eigenvalue weighted by Crippen LogP contribution is 2.29. The number of nitrogens with zero attached hydrogens (tertiary/aromatic N) is 1. The highest BCUT2D eigenvalue weighted by molar-refractivity contribution is 6.03. The Kier molecular flexibility index (Phi) is 4.15. The Morgan fingerprint density at radius 2 is 2.04 bits per heavy atom. The molecule has 118 valence electrons. The van der Waals surface area contributed by atoms with Crippen molar-refractivity contribution in [3.63, 3.8) is 0 Å². The molecule has 4 nitrogen and oxygen atoms in total. The number of carbonyl (C=O) groups excluding carboxylic acids is 2. The lowest BCUT2D eigenvalue weighted by Gasteiger charge is -2.14. The molecule has 2 aromatic carbocycles. The quantitative estimate of drug-likeness (QED) is 0.944. The van der Waals surface area contributed by atoms with Gasteiger partial charge in [-0.2, -0.15) is 0 Å². The van der Waals surface area contributed by atoms with Crippen LogP contribution in [0.5, 0.6) is 0 Å². The standard InChI is InChI=1S/C19H20N2O2/c1-3-21-17-8-7-15(10-16(17)11-18(21)22)19(23)20-12-14-6-4-5-13(2)9-14/h4-10H,3,11-12H2,1-2H3,(H,20,23). The zero-order chi connectivity index (χ0) is 16.4. The number of hydrogen-bond acceptors (Lipinski definition) is 2. The summed E-state index contributed by atoms with van der Waals surface area (Å²) in [5.74, 6) is -0.0171. The van der Waals surface area contributed by atoms with Crippen LogP contribution in [-0.2, 0) is 17.8 Å². The molecule has 1 N–H and O–H groups in total. The normalized spacial score (nSPS) is 13.1. The van der Waals surface area contributed by atoms with Crippen LogP contribution in [0.1, 0.15) is 34.0 Å². The number of benzene rings is 2. The minimum Gasteiger partial charge on any atom is -0.348 e. The molecule has 0 unspecified atom stereocenters. The van der Waals surface area contributed by atoms with Crippen molar-refractivity contribution in [1.82, 2.24) is 5.32 Å². The minimum absolute atomic E-state index is 0.0971. The van der Waals surface area contributed by atoms with Gasteiger partial charge in [-0.15, -0.1) is 0 Å². The van der Waals surface area contributed by atoms with Crippen LogP contribution in [-0.4, -0.2) is 18.4 Å². The maximum atomic E-state index is 12.3. The second-order valence-corrected chi connectivity index (χ2v) is 5.83. The van der Waals surface area contributed by atoms with Crippen molar-refractivity contribution in [3.05, 3.63) is 64.7 Å².